The molecule has 0 atom stereocenters. The van der Waals surface area contributed by atoms with E-state index in [0.717, 1.165) is 16.8 Å². The van der Waals surface area contributed by atoms with E-state index in [0.29, 0.717) is 5.69 Å². The minimum absolute atomic E-state index is 0.0550. The van der Waals surface area contributed by atoms with Crippen molar-refractivity contribution in [2.45, 2.75) is 4.90 Å². The molecule has 3 N–H and O–H groups in total. The molecule has 126 valence electrons. The molecule has 6 nitrogen and oxygen atoms in total. The molecule has 2 aromatic carbocycles. The van der Waals surface area contributed by atoms with Gasteiger partial charge in [0.05, 0.1) is 16.3 Å². The van der Waals surface area contributed by atoms with Crippen molar-refractivity contribution in [2.75, 3.05) is 5.43 Å². The molecule has 0 aliphatic carbocycles. The van der Waals surface area contributed by atoms with Crippen molar-refractivity contribution in [2.24, 2.45) is 10.2 Å². The monoisotopic (exact) mass is 352 g/mol. The Bertz CT molecular complexity index is 929. The maximum atomic E-state index is 11.3. The van der Waals surface area contributed by atoms with E-state index in [9.17, 15) is 8.42 Å². The van der Waals surface area contributed by atoms with Crippen molar-refractivity contribution in [3.8, 4) is 0 Å². The van der Waals surface area contributed by atoms with Crippen LogP contribution in [0.25, 0.3) is 0 Å². The molecule has 3 rings (SSSR count). The number of hydrazone groups is 1. The zero-order chi connectivity index (χ0) is 17.7. The Labute approximate surface area is 146 Å². The molecule has 0 amide bonds. The van der Waals surface area contributed by atoms with Crippen LogP contribution in [0.15, 0.2) is 89.1 Å². The molecule has 0 aliphatic rings. The van der Waals surface area contributed by atoms with Gasteiger partial charge in [-0.1, -0.05) is 30.3 Å². The third-order valence-electron chi connectivity index (χ3n) is 3.48. The van der Waals surface area contributed by atoms with Crippen LogP contribution >= 0.6 is 0 Å². The van der Waals surface area contributed by atoms with Gasteiger partial charge in [0.25, 0.3) is 0 Å². The van der Waals surface area contributed by atoms with Crippen LogP contribution in [-0.2, 0) is 10.0 Å². The molecule has 0 spiro atoms. The fourth-order valence-corrected chi connectivity index (χ4v) is 2.76. The van der Waals surface area contributed by atoms with Gasteiger partial charge >= 0.3 is 0 Å². The van der Waals surface area contributed by atoms with Gasteiger partial charge in [-0.05, 0) is 36.4 Å². The maximum Gasteiger partial charge on any atom is 0.238 e. The van der Waals surface area contributed by atoms with E-state index in [4.69, 9.17) is 5.14 Å². The summed E-state index contributed by atoms with van der Waals surface area (Å²) in [5, 5.41) is 9.58. The first-order valence-corrected chi connectivity index (χ1v) is 9.01. The molecule has 0 bridgehead atoms. The Hall–Kier alpha value is -3.03. The summed E-state index contributed by atoms with van der Waals surface area (Å²) in [4.78, 5) is 4.08. The lowest BCUT2D eigenvalue weighted by atomic mass is 10.0. The summed E-state index contributed by atoms with van der Waals surface area (Å²) in [6, 6.07) is 19.6. The molecular weight excluding hydrogens is 336 g/mol. The maximum absolute atomic E-state index is 11.3. The minimum Gasteiger partial charge on any atom is -0.278 e. The van der Waals surface area contributed by atoms with E-state index in [1.807, 2.05) is 42.5 Å². The topological polar surface area (TPSA) is 97.4 Å². The lowest BCUT2D eigenvalue weighted by molar-refractivity contribution is 0.598. The van der Waals surface area contributed by atoms with Gasteiger partial charge < -0.3 is 0 Å². The Morgan fingerprint density at radius 2 is 1.48 bits per heavy atom. The van der Waals surface area contributed by atoms with Crippen LogP contribution < -0.4 is 10.6 Å². The molecule has 0 fully saturated rings. The first-order valence-electron chi connectivity index (χ1n) is 7.46. The number of nitrogens with one attached hydrogen (secondary N) is 1. The summed E-state index contributed by atoms with van der Waals surface area (Å²) >= 11 is 0. The van der Waals surface area contributed by atoms with Crippen molar-refractivity contribution in [1.82, 2.24) is 4.98 Å². The molecule has 0 radical (unpaired) electrons. The number of primary sulfonamides is 1. The average molecular weight is 352 g/mol. The lowest BCUT2D eigenvalue weighted by Gasteiger charge is -2.08. The third-order valence-corrected chi connectivity index (χ3v) is 4.41. The normalized spacial score (nSPS) is 12.0. The predicted octanol–water partition coefficient (Wildman–Crippen LogP) is 2.59. The smallest absolute Gasteiger partial charge is 0.238 e. The van der Waals surface area contributed by atoms with Crippen molar-refractivity contribution >= 4 is 21.4 Å². The zero-order valence-corrected chi connectivity index (χ0v) is 14.0. The van der Waals surface area contributed by atoms with Crippen LogP contribution in [0, 0.1) is 0 Å². The molecule has 7 heteroatoms. The minimum atomic E-state index is -3.71. The number of nitrogens with zero attached hydrogens (tertiary/aromatic N) is 2. The van der Waals surface area contributed by atoms with Crippen molar-refractivity contribution in [1.29, 1.82) is 0 Å². The van der Waals surface area contributed by atoms with Crippen LogP contribution in [0.4, 0.5) is 5.69 Å². The molecule has 1 heterocycles. The van der Waals surface area contributed by atoms with Gasteiger partial charge in [0.15, 0.2) is 0 Å². The van der Waals surface area contributed by atoms with E-state index in [-0.39, 0.29) is 4.90 Å². The summed E-state index contributed by atoms with van der Waals surface area (Å²) in [6.07, 6.45) is 3.41. The number of benzene rings is 2. The number of pyridine rings is 1. The Morgan fingerprint density at radius 1 is 0.880 bits per heavy atom. The van der Waals surface area contributed by atoms with E-state index >= 15 is 0 Å². The van der Waals surface area contributed by atoms with Gasteiger partial charge in [-0.25, -0.2) is 13.6 Å². The largest absolute Gasteiger partial charge is 0.278 e. The number of aromatic nitrogens is 1. The molecule has 0 saturated heterocycles. The molecule has 0 unspecified atom stereocenters. The van der Waals surface area contributed by atoms with Crippen molar-refractivity contribution < 1.29 is 8.42 Å². The van der Waals surface area contributed by atoms with Crippen LogP contribution in [0.5, 0.6) is 0 Å². The number of nitrogens with two attached hydrogens (primary N) is 1. The van der Waals surface area contributed by atoms with Crippen LogP contribution in [0.2, 0.25) is 0 Å². The average Bonchev–Trinajstić information content (AvgIpc) is 2.63. The van der Waals surface area contributed by atoms with Crippen molar-refractivity contribution in [3.63, 3.8) is 0 Å². The highest BCUT2D eigenvalue weighted by molar-refractivity contribution is 7.89. The fraction of sp³-hybridized carbons (Fsp3) is 0. The Morgan fingerprint density at radius 3 is 2.08 bits per heavy atom. The van der Waals surface area contributed by atoms with Gasteiger partial charge in [-0.2, -0.15) is 5.10 Å². The second-order valence-corrected chi connectivity index (χ2v) is 6.80. The van der Waals surface area contributed by atoms with E-state index in [1.165, 1.54) is 12.1 Å². The molecular formula is C18H16N4O2S. The summed E-state index contributed by atoms with van der Waals surface area (Å²) in [6.45, 7) is 0. The predicted molar refractivity (Wildman–Crippen MR) is 97.8 cm³/mol. The first kappa shape index (κ1) is 16.8. The van der Waals surface area contributed by atoms with E-state index < -0.39 is 10.0 Å². The summed E-state index contributed by atoms with van der Waals surface area (Å²) in [5.74, 6) is 0. The van der Waals surface area contributed by atoms with Gasteiger partial charge in [0, 0.05) is 23.5 Å². The number of hydrogen-bond acceptors (Lipinski definition) is 5. The summed E-state index contributed by atoms with van der Waals surface area (Å²) < 4.78 is 22.6. The fourth-order valence-electron chi connectivity index (χ4n) is 2.24. The third kappa shape index (κ3) is 4.28. The van der Waals surface area contributed by atoms with Gasteiger partial charge in [0.2, 0.25) is 10.0 Å². The van der Waals surface area contributed by atoms with Crippen molar-refractivity contribution in [3.05, 3.63) is 90.3 Å². The highest BCUT2D eigenvalue weighted by atomic mass is 32.2. The summed E-state index contributed by atoms with van der Waals surface area (Å²) in [5.41, 5.74) is 6.21. The second-order valence-electron chi connectivity index (χ2n) is 5.24. The molecule has 3 aromatic rings. The lowest BCUT2D eigenvalue weighted by Crippen LogP contribution is -2.12. The van der Waals surface area contributed by atoms with Crippen LogP contribution in [-0.4, -0.2) is 19.1 Å². The van der Waals surface area contributed by atoms with Crippen LogP contribution in [0.3, 0.4) is 0 Å². The highest BCUT2D eigenvalue weighted by Crippen LogP contribution is 2.15. The number of rotatable bonds is 5. The molecule has 25 heavy (non-hydrogen) atoms. The van der Waals surface area contributed by atoms with Gasteiger partial charge in [-0.15, -0.1) is 0 Å². The van der Waals surface area contributed by atoms with E-state index in [1.54, 1.807) is 24.5 Å². The number of hydrogen-bond donors (Lipinski definition) is 2. The quantitative estimate of drug-likeness (QED) is 0.545. The van der Waals surface area contributed by atoms with Gasteiger partial charge in [0.1, 0.15) is 0 Å². The number of anilines is 1. The highest BCUT2D eigenvalue weighted by Gasteiger charge is 2.08. The second kappa shape index (κ2) is 7.25. The molecule has 0 aliphatic heterocycles. The Kier molecular flexibility index (Phi) is 4.87. The molecule has 0 saturated carbocycles. The Balaban J connectivity index is 1.92. The van der Waals surface area contributed by atoms with E-state index in [2.05, 4.69) is 15.5 Å². The number of sulfonamides is 1. The summed E-state index contributed by atoms with van der Waals surface area (Å²) in [7, 11) is -3.71. The molecule has 1 aromatic heterocycles. The SMILES string of the molecule is NS(=O)(=O)c1ccc(N/N=C(\c2ccccc2)c2ccncc2)cc1. The first-order chi connectivity index (χ1) is 12.0. The van der Waals surface area contributed by atoms with Crippen LogP contribution in [0.1, 0.15) is 11.1 Å². The van der Waals surface area contributed by atoms with Gasteiger partial charge in [-0.3, -0.25) is 10.4 Å². The standard InChI is InChI=1S/C18H16N4O2S/c19-25(23,24)17-8-6-16(7-9-17)21-22-18(14-4-2-1-3-5-14)15-10-12-20-13-11-15/h1-13,21H,(H2,19,23,24)/b22-18+. The zero-order valence-electron chi connectivity index (χ0n) is 13.2.